The average molecular weight is 359 g/mol. The second-order valence-corrected chi connectivity index (χ2v) is 8.11. The molecule has 0 spiro atoms. The Labute approximate surface area is 153 Å². The van der Waals surface area contributed by atoms with Gasteiger partial charge < -0.3 is 9.47 Å². The van der Waals surface area contributed by atoms with Gasteiger partial charge >= 0.3 is 0 Å². The lowest BCUT2D eigenvalue weighted by atomic mass is 9.73. The predicted molar refractivity (Wildman–Crippen MR) is 97.9 cm³/mol. The number of likely N-dealkylation sites (tertiary alicyclic amines) is 1. The molecule has 2 aromatic heterocycles. The van der Waals surface area contributed by atoms with Gasteiger partial charge in [-0.15, -0.1) is 11.3 Å². The number of nitrogens with zero attached hydrogens (tertiary/aromatic N) is 3. The molecule has 2 aliphatic rings. The van der Waals surface area contributed by atoms with Gasteiger partial charge in [-0.25, -0.2) is 9.97 Å². The second-order valence-electron chi connectivity index (χ2n) is 7.16. The minimum Gasteiger partial charge on any atom is -0.477 e. The maximum atomic E-state index is 6.14. The summed E-state index contributed by atoms with van der Waals surface area (Å²) in [6, 6.07) is 5.80. The van der Waals surface area contributed by atoms with Crippen LogP contribution in [0.25, 0.3) is 0 Å². The Balaban J connectivity index is 1.46. The van der Waals surface area contributed by atoms with Crippen LogP contribution in [0.2, 0.25) is 0 Å². The maximum absolute atomic E-state index is 6.14. The highest BCUT2D eigenvalue weighted by Gasteiger charge is 2.46. The summed E-state index contributed by atoms with van der Waals surface area (Å²) >= 11 is 1.76. The Hall–Kier alpha value is -1.50. The van der Waals surface area contributed by atoms with Crippen molar-refractivity contribution in [3.05, 3.63) is 40.5 Å². The van der Waals surface area contributed by atoms with E-state index in [2.05, 4.69) is 27.2 Å². The third-order valence-corrected chi connectivity index (χ3v) is 6.19. The zero-order valence-corrected chi connectivity index (χ0v) is 15.5. The fourth-order valence-electron chi connectivity index (χ4n) is 4.04. The van der Waals surface area contributed by atoms with E-state index in [1.54, 1.807) is 17.5 Å². The van der Waals surface area contributed by atoms with Gasteiger partial charge in [-0.1, -0.05) is 6.07 Å². The normalized spacial score (nSPS) is 27.0. The van der Waals surface area contributed by atoms with Crippen LogP contribution in [0.1, 0.15) is 30.0 Å². The van der Waals surface area contributed by atoms with Gasteiger partial charge in [0.25, 0.3) is 0 Å². The van der Waals surface area contributed by atoms with Crippen molar-refractivity contribution >= 4 is 11.3 Å². The highest BCUT2D eigenvalue weighted by Crippen LogP contribution is 2.41. The zero-order valence-electron chi connectivity index (χ0n) is 14.7. The van der Waals surface area contributed by atoms with Crippen molar-refractivity contribution in [1.82, 2.24) is 14.9 Å². The van der Waals surface area contributed by atoms with Crippen LogP contribution < -0.4 is 4.74 Å². The van der Waals surface area contributed by atoms with Crippen molar-refractivity contribution < 1.29 is 9.47 Å². The number of rotatable bonds is 5. The van der Waals surface area contributed by atoms with Crippen LogP contribution in [0.15, 0.2) is 29.8 Å². The fourth-order valence-corrected chi connectivity index (χ4v) is 4.86. The number of pyridine rings is 1. The Morgan fingerprint density at radius 2 is 2.40 bits per heavy atom. The molecule has 0 bridgehead atoms. The first-order valence-corrected chi connectivity index (χ1v) is 9.90. The number of aryl methyl sites for hydroxylation is 1. The number of hydrogen-bond donors (Lipinski definition) is 0. The molecule has 2 fully saturated rings. The minimum atomic E-state index is 0.0559. The first-order valence-electron chi connectivity index (χ1n) is 9.02. The number of aromatic nitrogens is 2. The molecular formula is C19H25N3O2S. The van der Waals surface area contributed by atoms with Gasteiger partial charge in [0.1, 0.15) is 5.01 Å². The summed E-state index contributed by atoms with van der Waals surface area (Å²) in [5.74, 6) is 0.703. The van der Waals surface area contributed by atoms with Crippen LogP contribution in [0, 0.1) is 12.3 Å². The van der Waals surface area contributed by atoms with E-state index in [0.717, 1.165) is 51.2 Å². The smallest absolute Gasteiger partial charge is 0.213 e. The van der Waals surface area contributed by atoms with E-state index in [9.17, 15) is 0 Å². The van der Waals surface area contributed by atoms with Crippen LogP contribution in [0.4, 0.5) is 0 Å². The summed E-state index contributed by atoms with van der Waals surface area (Å²) in [6.45, 7) is 6.60. The van der Waals surface area contributed by atoms with Crippen LogP contribution in [-0.4, -0.2) is 47.3 Å². The molecule has 6 heteroatoms. The minimum absolute atomic E-state index is 0.0559. The van der Waals surface area contributed by atoms with Crippen molar-refractivity contribution in [3.63, 3.8) is 0 Å². The van der Waals surface area contributed by atoms with Crippen LogP contribution in [0.5, 0.6) is 5.88 Å². The molecule has 0 amide bonds. The molecule has 4 rings (SSSR count). The summed E-state index contributed by atoms with van der Waals surface area (Å²) < 4.78 is 12.2. The highest BCUT2D eigenvalue weighted by atomic mass is 32.1. The van der Waals surface area contributed by atoms with Crippen LogP contribution >= 0.6 is 11.3 Å². The molecule has 2 aromatic rings. The fraction of sp³-hybridized carbons (Fsp3) is 0.579. The van der Waals surface area contributed by atoms with Crippen LogP contribution in [-0.2, 0) is 11.3 Å². The summed E-state index contributed by atoms with van der Waals surface area (Å²) in [7, 11) is 0. The number of piperidine rings is 1. The molecule has 2 aliphatic heterocycles. The maximum Gasteiger partial charge on any atom is 0.213 e. The number of thiazole rings is 1. The van der Waals surface area contributed by atoms with Gasteiger partial charge in [0, 0.05) is 48.4 Å². The summed E-state index contributed by atoms with van der Waals surface area (Å²) in [4.78, 5) is 11.5. The zero-order chi connectivity index (χ0) is 17.1. The lowest BCUT2D eigenvalue weighted by Gasteiger charge is -2.50. The number of hydrogen-bond acceptors (Lipinski definition) is 6. The molecule has 0 aromatic carbocycles. The Bertz CT molecular complexity index is 693. The molecule has 0 saturated carbocycles. The van der Waals surface area contributed by atoms with Gasteiger partial charge in [0.05, 0.1) is 19.3 Å². The largest absolute Gasteiger partial charge is 0.477 e. The SMILES string of the molecule is Cc1csc(CN2CC[C@@H]3OCCC[C@]3(COc3ccccn3)C2)n1. The van der Waals surface area contributed by atoms with Crippen molar-refractivity contribution in [1.29, 1.82) is 0 Å². The molecule has 5 nitrogen and oxygen atoms in total. The first kappa shape index (κ1) is 16.9. The Kier molecular flexibility index (Phi) is 5.01. The van der Waals surface area contributed by atoms with Gasteiger partial charge in [-0.3, -0.25) is 4.90 Å². The molecule has 4 heterocycles. The van der Waals surface area contributed by atoms with E-state index in [-0.39, 0.29) is 5.41 Å². The molecule has 2 atom stereocenters. The first-order chi connectivity index (χ1) is 12.2. The summed E-state index contributed by atoms with van der Waals surface area (Å²) in [6.07, 6.45) is 5.39. The van der Waals surface area contributed by atoms with E-state index < -0.39 is 0 Å². The molecule has 25 heavy (non-hydrogen) atoms. The lowest BCUT2D eigenvalue weighted by molar-refractivity contribution is -0.141. The van der Waals surface area contributed by atoms with E-state index >= 15 is 0 Å². The van der Waals surface area contributed by atoms with Crippen molar-refractivity contribution in [2.75, 3.05) is 26.3 Å². The summed E-state index contributed by atoms with van der Waals surface area (Å²) in [5.41, 5.74) is 1.17. The molecule has 2 saturated heterocycles. The average Bonchev–Trinajstić information content (AvgIpc) is 3.05. The van der Waals surface area contributed by atoms with Crippen molar-refractivity contribution in [2.24, 2.45) is 5.41 Å². The molecule has 0 N–H and O–H groups in total. The third-order valence-electron chi connectivity index (χ3n) is 5.24. The van der Waals surface area contributed by atoms with Gasteiger partial charge in [0.15, 0.2) is 0 Å². The van der Waals surface area contributed by atoms with Crippen LogP contribution in [0.3, 0.4) is 0 Å². The Morgan fingerprint density at radius 3 is 3.20 bits per heavy atom. The van der Waals surface area contributed by atoms with E-state index in [1.165, 1.54) is 5.01 Å². The number of ether oxygens (including phenoxy) is 2. The van der Waals surface area contributed by atoms with Crippen molar-refractivity contribution in [3.8, 4) is 5.88 Å². The van der Waals surface area contributed by atoms with Crippen molar-refractivity contribution in [2.45, 2.75) is 38.8 Å². The molecule has 0 radical (unpaired) electrons. The summed E-state index contributed by atoms with van der Waals surface area (Å²) in [5, 5.41) is 3.33. The third kappa shape index (κ3) is 3.86. The highest BCUT2D eigenvalue weighted by molar-refractivity contribution is 7.09. The molecule has 134 valence electrons. The van der Waals surface area contributed by atoms with Gasteiger partial charge in [-0.05, 0) is 32.3 Å². The molecule has 0 aliphatic carbocycles. The lowest BCUT2D eigenvalue weighted by Crippen LogP contribution is -2.57. The number of fused-ring (bicyclic) bond motifs is 1. The van der Waals surface area contributed by atoms with E-state index in [0.29, 0.717) is 18.6 Å². The van der Waals surface area contributed by atoms with E-state index in [1.807, 2.05) is 18.2 Å². The second kappa shape index (κ2) is 7.40. The standard InChI is InChI=1S/C19H25N3O2S/c1-15-12-25-18(21-15)11-22-9-6-16-19(13-22,7-4-10-23-16)14-24-17-5-2-3-8-20-17/h2-3,5,8,12,16H,4,6-7,9-11,13-14H2,1H3/t16-,19+/m0/s1. The molecule has 0 unspecified atom stereocenters. The predicted octanol–water partition coefficient (Wildman–Crippen LogP) is 3.30. The van der Waals surface area contributed by atoms with E-state index in [4.69, 9.17) is 9.47 Å². The Morgan fingerprint density at radius 1 is 1.44 bits per heavy atom. The monoisotopic (exact) mass is 359 g/mol. The van der Waals surface area contributed by atoms with Gasteiger partial charge in [-0.2, -0.15) is 0 Å². The quantitative estimate of drug-likeness (QED) is 0.820. The molecular weight excluding hydrogens is 334 g/mol. The van der Waals surface area contributed by atoms with Gasteiger partial charge in [0.2, 0.25) is 5.88 Å². The topological polar surface area (TPSA) is 47.5 Å².